The first kappa shape index (κ1) is 16.2. The molecule has 118 valence electrons. The number of anilines is 1. The predicted octanol–water partition coefficient (Wildman–Crippen LogP) is 3.74. The number of benzene rings is 1. The van der Waals surface area contributed by atoms with Crippen molar-refractivity contribution in [2.75, 3.05) is 24.6 Å². The molecule has 3 nitrogen and oxygen atoms in total. The lowest BCUT2D eigenvalue weighted by Gasteiger charge is -2.34. The van der Waals surface area contributed by atoms with Gasteiger partial charge in [0.25, 0.3) is 0 Å². The molecule has 1 saturated heterocycles. The normalized spacial score (nSPS) is 19.7. The van der Waals surface area contributed by atoms with E-state index in [1.54, 1.807) is 0 Å². The zero-order valence-electron chi connectivity index (χ0n) is 14.0. The van der Waals surface area contributed by atoms with Crippen molar-refractivity contribution in [1.29, 1.82) is 0 Å². The van der Waals surface area contributed by atoms with Crippen LogP contribution < -0.4 is 15.4 Å². The van der Waals surface area contributed by atoms with E-state index in [4.69, 9.17) is 10.5 Å². The van der Waals surface area contributed by atoms with Gasteiger partial charge in [0.05, 0.1) is 12.3 Å². The number of hydrogen-bond acceptors (Lipinski definition) is 3. The summed E-state index contributed by atoms with van der Waals surface area (Å²) in [7, 11) is 0. The number of ether oxygens (including phenoxy) is 1. The fourth-order valence-corrected chi connectivity index (χ4v) is 2.69. The Morgan fingerprint density at radius 3 is 2.76 bits per heavy atom. The molecular weight excluding hydrogens is 260 g/mol. The van der Waals surface area contributed by atoms with Gasteiger partial charge in [0.2, 0.25) is 0 Å². The average Bonchev–Trinajstić information content (AvgIpc) is 2.39. The molecule has 1 aliphatic rings. The Morgan fingerprint density at radius 2 is 2.10 bits per heavy atom. The minimum Gasteiger partial charge on any atom is -0.491 e. The molecule has 21 heavy (non-hydrogen) atoms. The van der Waals surface area contributed by atoms with E-state index in [1.807, 2.05) is 0 Å². The van der Waals surface area contributed by atoms with Crippen LogP contribution in [-0.4, -0.2) is 25.7 Å². The maximum atomic E-state index is 6.13. The highest BCUT2D eigenvalue weighted by molar-refractivity contribution is 5.60. The lowest BCUT2D eigenvalue weighted by atomic mass is 9.93. The number of nitrogens with zero attached hydrogens (tertiary/aromatic N) is 1. The summed E-state index contributed by atoms with van der Waals surface area (Å²) in [5.74, 6) is 0.999. The largest absolute Gasteiger partial charge is 0.491 e. The molecule has 0 aliphatic carbocycles. The number of rotatable bonds is 4. The first-order valence-electron chi connectivity index (χ1n) is 8.09. The van der Waals surface area contributed by atoms with Crippen molar-refractivity contribution in [1.82, 2.24) is 0 Å². The van der Waals surface area contributed by atoms with Crippen molar-refractivity contribution >= 4 is 5.69 Å². The topological polar surface area (TPSA) is 38.5 Å². The van der Waals surface area contributed by atoms with E-state index in [2.05, 4.69) is 50.8 Å². The highest BCUT2D eigenvalue weighted by atomic mass is 16.5. The summed E-state index contributed by atoms with van der Waals surface area (Å²) < 4.78 is 6.07. The van der Waals surface area contributed by atoms with Crippen molar-refractivity contribution in [2.45, 2.75) is 53.0 Å². The molecule has 0 amide bonds. The van der Waals surface area contributed by atoms with Crippen LogP contribution >= 0.6 is 0 Å². The molecule has 1 atom stereocenters. The van der Waals surface area contributed by atoms with Crippen molar-refractivity contribution in [3.05, 3.63) is 23.8 Å². The van der Waals surface area contributed by atoms with Crippen LogP contribution in [0.4, 0.5) is 5.69 Å². The summed E-state index contributed by atoms with van der Waals surface area (Å²) >= 11 is 0. The molecule has 0 spiro atoms. The third-order valence-corrected chi connectivity index (χ3v) is 4.02. The summed E-state index contributed by atoms with van der Waals surface area (Å²) in [6, 6.07) is 6.74. The van der Waals surface area contributed by atoms with Gasteiger partial charge >= 0.3 is 0 Å². The van der Waals surface area contributed by atoms with Crippen molar-refractivity contribution < 1.29 is 4.74 Å². The van der Waals surface area contributed by atoms with Crippen LogP contribution in [-0.2, 0) is 0 Å². The van der Waals surface area contributed by atoms with Crippen LogP contribution in [0.15, 0.2) is 18.2 Å². The average molecular weight is 290 g/mol. The second-order valence-electron chi connectivity index (χ2n) is 7.48. The van der Waals surface area contributed by atoms with Gasteiger partial charge in [-0.05, 0) is 49.3 Å². The molecule has 0 bridgehead atoms. The van der Waals surface area contributed by atoms with Crippen LogP contribution in [0.2, 0.25) is 0 Å². The molecule has 1 aromatic carbocycles. The van der Waals surface area contributed by atoms with Gasteiger partial charge in [0.15, 0.2) is 0 Å². The molecule has 0 radical (unpaired) electrons. The van der Waals surface area contributed by atoms with E-state index in [1.165, 1.54) is 11.3 Å². The van der Waals surface area contributed by atoms with Gasteiger partial charge in [-0.3, -0.25) is 0 Å². The van der Waals surface area contributed by atoms with Crippen LogP contribution in [0, 0.1) is 12.3 Å². The lowest BCUT2D eigenvalue weighted by Crippen LogP contribution is -2.43. The van der Waals surface area contributed by atoms with E-state index in [0.29, 0.717) is 5.41 Å². The highest BCUT2D eigenvalue weighted by Gasteiger charge is 2.20. The van der Waals surface area contributed by atoms with E-state index < -0.39 is 0 Å². The molecule has 1 fully saturated rings. The molecule has 2 N–H and O–H groups in total. The number of piperidine rings is 1. The second-order valence-corrected chi connectivity index (χ2v) is 7.48. The minimum atomic E-state index is 0.279. The standard InChI is InChI=1S/C18H30N2O/c1-14-7-8-17(21-11-9-18(2,3)4)16(12-14)20-10-5-6-15(19)13-20/h7-8,12,15H,5-6,9-11,13,19H2,1-4H3. The van der Waals surface area contributed by atoms with Gasteiger partial charge in [-0.2, -0.15) is 0 Å². The summed E-state index contributed by atoms with van der Waals surface area (Å²) in [5.41, 5.74) is 8.91. The Morgan fingerprint density at radius 1 is 1.33 bits per heavy atom. The van der Waals surface area contributed by atoms with Gasteiger partial charge in [0.1, 0.15) is 5.75 Å². The number of hydrogen-bond donors (Lipinski definition) is 1. The molecule has 1 heterocycles. The molecule has 0 saturated carbocycles. The van der Waals surface area contributed by atoms with Crippen LogP contribution in [0.3, 0.4) is 0 Å². The van der Waals surface area contributed by atoms with Crippen molar-refractivity contribution in [2.24, 2.45) is 11.1 Å². The first-order chi connectivity index (χ1) is 9.85. The molecule has 1 aromatic rings. The maximum absolute atomic E-state index is 6.13. The summed E-state index contributed by atoms with van der Waals surface area (Å²) in [6.45, 7) is 11.6. The number of nitrogens with two attached hydrogens (primary N) is 1. The fraction of sp³-hybridized carbons (Fsp3) is 0.667. The molecule has 2 rings (SSSR count). The van der Waals surface area contributed by atoms with Gasteiger partial charge < -0.3 is 15.4 Å². The summed E-state index contributed by atoms with van der Waals surface area (Å²) in [4.78, 5) is 2.38. The third-order valence-electron chi connectivity index (χ3n) is 4.02. The van der Waals surface area contributed by atoms with E-state index in [0.717, 1.165) is 44.7 Å². The third kappa shape index (κ3) is 4.92. The zero-order valence-corrected chi connectivity index (χ0v) is 14.0. The van der Waals surface area contributed by atoms with Crippen molar-refractivity contribution in [3.8, 4) is 5.75 Å². The van der Waals surface area contributed by atoms with Gasteiger partial charge in [-0.15, -0.1) is 0 Å². The van der Waals surface area contributed by atoms with Crippen LogP contribution in [0.1, 0.15) is 45.6 Å². The van der Waals surface area contributed by atoms with Crippen LogP contribution in [0.5, 0.6) is 5.75 Å². The first-order valence-corrected chi connectivity index (χ1v) is 8.09. The van der Waals surface area contributed by atoms with Gasteiger partial charge in [-0.1, -0.05) is 26.8 Å². The maximum Gasteiger partial charge on any atom is 0.142 e. The molecule has 3 heteroatoms. The molecule has 0 aromatic heterocycles. The molecular formula is C18H30N2O. The summed E-state index contributed by atoms with van der Waals surface area (Å²) in [5, 5.41) is 0. The van der Waals surface area contributed by atoms with Gasteiger partial charge in [0, 0.05) is 19.1 Å². The zero-order chi connectivity index (χ0) is 15.5. The van der Waals surface area contributed by atoms with E-state index in [-0.39, 0.29) is 6.04 Å². The van der Waals surface area contributed by atoms with E-state index in [9.17, 15) is 0 Å². The SMILES string of the molecule is Cc1ccc(OCCC(C)(C)C)c(N2CCCC(N)C2)c1. The Bertz CT molecular complexity index is 465. The quantitative estimate of drug-likeness (QED) is 0.918. The van der Waals surface area contributed by atoms with Crippen molar-refractivity contribution in [3.63, 3.8) is 0 Å². The Labute approximate surface area is 129 Å². The fourth-order valence-electron chi connectivity index (χ4n) is 2.69. The Hall–Kier alpha value is -1.22. The molecule has 1 aliphatic heterocycles. The lowest BCUT2D eigenvalue weighted by molar-refractivity contribution is 0.243. The minimum absolute atomic E-state index is 0.279. The summed E-state index contributed by atoms with van der Waals surface area (Å²) in [6.07, 6.45) is 3.35. The van der Waals surface area contributed by atoms with Gasteiger partial charge in [-0.25, -0.2) is 0 Å². The monoisotopic (exact) mass is 290 g/mol. The van der Waals surface area contributed by atoms with E-state index >= 15 is 0 Å². The Kier molecular flexibility index (Phi) is 5.15. The highest BCUT2D eigenvalue weighted by Crippen LogP contribution is 2.32. The Balaban J connectivity index is 2.09. The smallest absolute Gasteiger partial charge is 0.142 e. The molecule has 1 unspecified atom stereocenters. The van der Waals surface area contributed by atoms with Crippen LogP contribution in [0.25, 0.3) is 0 Å². The number of aryl methyl sites for hydroxylation is 1. The second kappa shape index (κ2) is 6.69. The predicted molar refractivity (Wildman–Crippen MR) is 90.2 cm³/mol.